The maximum absolute atomic E-state index is 13.4. The van der Waals surface area contributed by atoms with Crippen LogP contribution in [-0.2, 0) is 6.42 Å². The van der Waals surface area contributed by atoms with E-state index < -0.39 is 5.82 Å². The molecule has 106 valence electrons. The third kappa shape index (κ3) is 3.64. The Labute approximate surface area is 134 Å². The van der Waals surface area contributed by atoms with Crippen molar-refractivity contribution in [2.75, 3.05) is 6.54 Å². The van der Waals surface area contributed by atoms with Crippen molar-refractivity contribution in [3.63, 3.8) is 0 Å². The molecule has 0 spiro atoms. The molecule has 2 aromatic rings. The molecule has 0 aliphatic carbocycles. The van der Waals surface area contributed by atoms with Crippen molar-refractivity contribution in [2.24, 2.45) is 5.73 Å². The standard InChI is InChI=1S/C14H11BrCl2FNO/c15-10-6-12(17)13(18)7-14(10)20-9-2-1-8(3-4-19)11(16)5-9/h1-2,5-7H,3-4,19H2. The van der Waals surface area contributed by atoms with E-state index in [1.165, 1.54) is 12.1 Å². The molecule has 2 nitrogen and oxygen atoms in total. The van der Waals surface area contributed by atoms with Crippen LogP contribution in [0.15, 0.2) is 34.8 Å². The quantitative estimate of drug-likeness (QED) is 0.743. The van der Waals surface area contributed by atoms with Crippen LogP contribution in [0.3, 0.4) is 0 Å². The van der Waals surface area contributed by atoms with Crippen LogP contribution in [0.4, 0.5) is 4.39 Å². The minimum absolute atomic E-state index is 0.0283. The highest BCUT2D eigenvalue weighted by Crippen LogP contribution is 2.34. The molecule has 0 bridgehead atoms. The molecule has 0 aliphatic heterocycles. The first kappa shape index (κ1) is 15.6. The summed E-state index contributed by atoms with van der Waals surface area (Å²) in [5, 5.41) is 0.596. The van der Waals surface area contributed by atoms with Crippen LogP contribution in [0.1, 0.15) is 5.56 Å². The maximum atomic E-state index is 13.4. The fourth-order valence-electron chi connectivity index (χ4n) is 1.66. The minimum atomic E-state index is -0.546. The Kier molecular flexibility index (Phi) is 5.27. The molecular formula is C14H11BrCl2FNO. The van der Waals surface area contributed by atoms with Crippen LogP contribution >= 0.6 is 39.1 Å². The van der Waals surface area contributed by atoms with Crippen LogP contribution in [-0.4, -0.2) is 6.54 Å². The van der Waals surface area contributed by atoms with E-state index in [0.29, 0.717) is 34.0 Å². The van der Waals surface area contributed by atoms with Gasteiger partial charge in [0, 0.05) is 11.1 Å². The second kappa shape index (κ2) is 6.76. The highest BCUT2D eigenvalue weighted by molar-refractivity contribution is 9.10. The number of halogens is 4. The SMILES string of the molecule is NCCc1ccc(Oc2cc(F)c(Cl)cc2Br)cc1Cl. The molecule has 20 heavy (non-hydrogen) atoms. The summed E-state index contributed by atoms with van der Waals surface area (Å²) in [6, 6.07) is 7.93. The van der Waals surface area contributed by atoms with Crippen molar-refractivity contribution in [1.29, 1.82) is 0 Å². The summed E-state index contributed by atoms with van der Waals surface area (Å²) in [6.45, 7) is 0.522. The van der Waals surface area contributed by atoms with Gasteiger partial charge in [-0.1, -0.05) is 29.3 Å². The first-order valence-corrected chi connectivity index (χ1v) is 7.37. The van der Waals surface area contributed by atoms with Gasteiger partial charge in [0.05, 0.1) is 9.50 Å². The van der Waals surface area contributed by atoms with Gasteiger partial charge in [0.2, 0.25) is 0 Å². The maximum Gasteiger partial charge on any atom is 0.145 e. The van der Waals surface area contributed by atoms with E-state index in [9.17, 15) is 4.39 Å². The zero-order valence-electron chi connectivity index (χ0n) is 10.3. The zero-order valence-corrected chi connectivity index (χ0v) is 13.4. The topological polar surface area (TPSA) is 35.2 Å². The summed E-state index contributed by atoms with van der Waals surface area (Å²) in [5.41, 5.74) is 6.44. The summed E-state index contributed by atoms with van der Waals surface area (Å²) in [6.07, 6.45) is 0.693. The van der Waals surface area contributed by atoms with Crippen molar-refractivity contribution in [3.05, 3.63) is 56.2 Å². The Morgan fingerprint density at radius 2 is 1.90 bits per heavy atom. The number of hydrogen-bond acceptors (Lipinski definition) is 2. The highest BCUT2D eigenvalue weighted by Gasteiger charge is 2.10. The van der Waals surface area contributed by atoms with E-state index in [1.807, 2.05) is 6.07 Å². The second-order valence-electron chi connectivity index (χ2n) is 4.09. The third-order valence-corrected chi connectivity index (χ3v) is 3.90. The normalized spacial score (nSPS) is 10.7. The fourth-order valence-corrected chi connectivity index (χ4v) is 2.64. The first-order chi connectivity index (χ1) is 9.51. The Morgan fingerprint density at radius 1 is 1.15 bits per heavy atom. The van der Waals surface area contributed by atoms with Gasteiger partial charge in [-0.05, 0) is 52.7 Å². The third-order valence-electron chi connectivity index (χ3n) is 2.64. The van der Waals surface area contributed by atoms with Crippen molar-refractivity contribution in [1.82, 2.24) is 0 Å². The largest absolute Gasteiger partial charge is 0.456 e. The molecule has 0 aliphatic rings. The van der Waals surface area contributed by atoms with Gasteiger partial charge in [-0.2, -0.15) is 0 Å². The molecule has 0 saturated heterocycles. The average Bonchev–Trinajstić information content (AvgIpc) is 2.39. The molecule has 2 aromatic carbocycles. The van der Waals surface area contributed by atoms with Crippen molar-refractivity contribution >= 4 is 39.1 Å². The van der Waals surface area contributed by atoms with Gasteiger partial charge >= 0.3 is 0 Å². The molecule has 0 amide bonds. The summed E-state index contributed by atoms with van der Waals surface area (Å²) >= 11 is 15.1. The molecule has 0 atom stereocenters. The predicted octanol–water partition coefficient (Wildman–Crippen LogP) is 5.19. The van der Waals surface area contributed by atoms with E-state index in [4.69, 9.17) is 33.7 Å². The molecule has 2 rings (SSSR count). The molecule has 0 fully saturated rings. The van der Waals surface area contributed by atoms with E-state index in [2.05, 4.69) is 15.9 Å². The van der Waals surface area contributed by atoms with Gasteiger partial charge in [-0.25, -0.2) is 4.39 Å². The molecule has 0 saturated carbocycles. The van der Waals surface area contributed by atoms with Crippen molar-refractivity contribution in [3.8, 4) is 11.5 Å². The lowest BCUT2D eigenvalue weighted by atomic mass is 10.1. The van der Waals surface area contributed by atoms with E-state index >= 15 is 0 Å². The number of rotatable bonds is 4. The van der Waals surface area contributed by atoms with E-state index in [-0.39, 0.29) is 5.02 Å². The van der Waals surface area contributed by atoms with Gasteiger partial charge in [-0.3, -0.25) is 0 Å². The number of benzene rings is 2. The summed E-state index contributed by atoms with van der Waals surface area (Å²) in [4.78, 5) is 0. The lowest BCUT2D eigenvalue weighted by Gasteiger charge is -2.10. The number of hydrogen-bond donors (Lipinski definition) is 1. The van der Waals surface area contributed by atoms with Crippen LogP contribution < -0.4 is 10.5 Å². The number of nitrogens with two attached hydrogens (primary N) is 1. The summed E-state index contributed by atoms with van der Waals surface area (Å²) in [5.74, 6) is 0.295. The molecule has 2 N–H and O–H groups in total. The van der Waals surface area contributed by atoms with Gasteiger partial charge in [-0.15, -0.1) is 0 Å². The molecule has 0 heterocycles. The molecule has 0 aromatic heterocycles. The smallest absolute Gasteiger partial charge is 0.145 e. The Morgan fingerprint density at radius 3 is 2.55 bits per heavy atom. The van der Waals surface area contributed by atoms with Gasteiger partial charge < -0.3 is 10.5 Å². The van der Waals surface area contributed by atoms with Crippen LogP contribution in [0.2, 0.25) is 10.0 Å². The molecule has 6 heteroatoms. The van der Waals surface area contributed by atoms with Crippen LogP contribution in [0.25, 0.3) is 0 Å². The summed E-state index contributed by atoms with van der Waals surface area (Å²) < 4.78 is 19.6. The van der Waals surface area contributed by atoms with E-state index in [0.717, 1.165) is 5.56 Å². The van der Waals surface area contributed by atoms with Crippen molar-refractivity contribution < 1.29 is 9.13 Å². The summed E-state index contributed by atoms with van der Waals surface area (Å²) in [7, 11) is 0. The lowest BCUT2D eigenvalue weighted by molar-refractivity contribution is 0.473. The zero-order chi connectivity index (χ0) is 14.7. The Balaban J connectivity index is 2.26. The Hall–Kier alpha value is -0.810. The Bertz CT molecular complexity index is 637. The highest BCUT2D eigenvalue weighted by atomic mass is 79.9. The molecular weight excluding hydrogens is 368 g/mol. The van der Waals surface area contributed by atoms with Gasteiger partial charge in [0.1, 0.15) is 17.3 Å². The van der Waals surface area contributed by atoms with E-state index in [1.54, 1.807) is 12.1 Å². The van der Waals surface area contributed by atoms with Crippen LogP contribution in [0, 0.1) is 5.82 Å². The lowest BCUT2D eigenvalue weighted by Crippen LogP contribution is -2.03. The monoisotopic (exact) mass is 377 g/mol. The van der Waals surface area contributed by atoms with Crippen LogP contribution in [0.5, 0.6) is 11.5 Å². The predicted molar refractivity (Wildman–Crippen MR) is 83.4 cm³/mol. The fraction of sp³-hybridized carbons (Fsp3) is 0.143. The molecule has 0 unspecified atom stereocenters. The molecule has 0 radical (unpaired) electrons. The minimum Gasteiger partial charge on any atom is -0.456 e. The van der Waals surface area contributed by atoms with Crippen molar-refractivity contribution in [2.45, 2.75) is 6.42 Å². The first-order valence-electron chi connectivity index (χ1n) is 5.82. The number of ether oxygens (including phenoxy) is 1. The second-order valence-corrected chi connectivity index (χ2v) is 5.76. The van der Waals surface area contributed by atoms with Gasteiger partial charge in [0.25, 0.3) is 0 Å². The van der Waals surface area contributed by atoms with Gasteiger partial charge in [0.15, 0.2) is 0 Å². The average molecular weight is 379 g/mol.